The van der Waals surface area contributed by atoms with Crippen molar-refractivity contribution in [1.82, 2.24) is 5.32 Å². The summed E-state index contributed by atoms with van der Waals surface area (Å²) in [6.45, 7) is 8.18. The summed E-state index contributed by atoms with van der Waals surface area (Å²) in [6, 6.07) is 3.35. The first-order valence-electron chi connectivity index (χ1n) is 8.20. The summed E-state index contributed by atoms with van der Waals surface area (Å²) in [5.74, 6) is 0.0143. The van der Waals surface area contributed by atoms with Crippen LogP contribution in [0.4, 0.5) is 13.2 Å². The van der Waals surface area contributed by atoms with Gasteiger partial charge < -0.3 is 15.5 Å². The molecule has 0 aliphatic carbocycles. The predicted molar refractivity (Wildman–Crippen MR) is 91.0 cm³/mol. The summed E-state index contributed by atoms with van der Waals surface area (Å²) in [5, 5.41) is 9.86. The molecule has 4 nitrogen and oxygen atoms in total. The highest BCUT2D eigenvalue weighted by atomic mass is 19.4. The lowest BCUT2D eigenvalue weighted by molar-refractivity contribution is -0.137. The van der Waals surface area contributed by atoms with Crippen LogP contribution in [0.3, 0.4) is 0 Å². The molecule has 1 aromatic carbocycles. The second-order valence-electron chi connectivity index (χ2n) is 6.77. The Morgan fingerprint density at radius 2 is 1.88 bits per heavy atom. The Kier molecular flexibility index (Phi) is 7.45. The number of rotatable bonds is 8. The van der Waals surface area contributed by atoms with E-state index in [-0.39, 0.29) is 29.1 Å². The maximum absolute atomic E-state index is 13.1. The normalized spacial score (nSPS) is 13.0. The molecule has 0 aliphatic rings. The van der Waals surface area contributed by atoms with E-state index in [1.54, 1.807) is 0 Å². The van der Waals surface area contributed by atoms with Gasteiger partial charge in [0.2, 0.25) is 0 Å². The van der Waals surface area contributed by atoms with Crippen molar-refractivity contribution in [2.45, 2.75) is 46.4 Å². The van der Waals surface area contributed by atoms with Gasteiger partial charge in [-0.15, -0.1) is 0 Å². The van der Waals surface area contributed by atoms with Crippen LogP contribution in [0.25, 0.3) is 0 Å². The van der Waals surface area contributed by atoms with Crippen LogP contribution in [0.15, 0.2) is 18.2 Å². The minimum absolute atomic E-state index is 0.0386. The van der Waals surface area contributed by atoms with Crippen LogP contribution in [0, 0.1) is 17.2 Å². The fourth-order valence-corrected chi connectivity index (χ4v) is 2.20. The van der Waals surface area contributed by atoms with Gasteiger partial charge in [0.15, 0.2) is 6.10 Å². The Morgan fingerprint density at radius 1 is 1.24 bits per heavy atom. The van der Waals surface area contributed by atoms with E-state index in [4.69, 9.17) is 10.1 Å². The predicted octanol–water partition coefficient (Wildman–Crippen LogP) is 4.27. The molecule has 0 heterocycles. The number of halogens is 3. The van der Waals surface area contributed by atoms with Crippen molar-refractivity contribution in [2.75, 3.05) is 6.54 Å². The molecule has 0 saturated heterocycles. The Balaban J connectivity index is 3.03. The molecule has 0 fully saturated rings. The maximum atomic E-state index is 13.1. The zero-order chi connectivity index (χ0) is 19.2. The average Bonchev–Trinajstić information content (AvgIpc) is 2.50. The first-order valence-corrected chi connectivity index (χ1v) is 8.20. The molecule has 0 aromatic heterocycles. The second-order valence-corrected chi connectivity index (χ2v) is 6.77. The van der Waals surface area contributed by atoms with Crippen LogP contribution in [0.5, 0.6) is 5.75 Å². The number of amides is 1. The first kappa shape index (κ1) is 21.0. The van der Waals surface area contributed by atoms with Crippen molar-refractivity contribution in [3.63, 3.8) is 0 Å². The van der Waals surface area contributed by atoms with Crippen molar-refractivity contribution in [2.24, 2.45) is 11.8 Å². The fraction of sp³-hybridized carbons (Fsp3) is 0.556. The van der Waals surface area contributed by atoms with Gasteiger partial charge in [0, 0.05) is 18.3 Å². The number of carbonyl (C=O) groups is 1. The van der Waals surface area contributed by atoms with Gasteiger partial charge in [-0.2, -0.15) is 13.2 Å². The quantitative estimate of drug-likeness (QED) is 0.682. The minimum Gasteiger partial charge on any atom is -0.481 e. The summed E-state index contributed by atoms with van der Waals surface area (Å²) in [7, 11) is 0. The lowest BCUT2D eigenvalue weighted by Gasteiger charge is -2.22. The molecule has 1 amide bonds. The van der Waals surface area contributed by atoms with E-state index in [1.807, 2.05) is 27.7 Å². The van der Waals surface area contributed by atoms with E-state index in [0.29, 0.717) is 19.2 Å². The van der Waals surface area contributed by atoms with Gasteiger partial charge in [-0.25, -0.2) is 0 Å². The third kappa shape index (κ3) is 6.76. The van der Waals surface area contributed by atoms with E-state index >= 15 is 0 Å². The van der Waals surface area contributed by atoms with Crippen molar-refractivity contribution in [1.29, 1.82) is 5.41 Å². The SMILES string of the molecule is CC(C)CNC(=O)C(CC(C)C)Oc1ccc(C=N)c(C(F)(F)F)c1. The molecule has 25 heavy (non-hydrogen) atoms. The third-order valence-corrected chi connectivity index (χ3v) is 3.43. The van der Waals surface area contributed by atoms with Crippen molar-refractivity contribution >= 4 is 12.1 Å². The lowest BCUT2D eigenvalue weighted by Crippen LogP contribution is -2.40. The number of carbonyl (C=O) groups excluding carboxylic acids is 1. The van der Waals surface area contributed by atoms with E-state index in [1.165, 1.54) is 12.1 Å². The zero-order valence-corrected chi connectivity index (χ0v) is 14.9. The van der Waals surface area contributed by atoms with Crippen LogP contribution in [-0.4, -0.2) is 24.8 Å². The standard InChI is InChI=1S/C18H25F3N2O2/c1-11(2)7-16(17(24)23-10-12(3)4)25-14-6-5-13(9-22)15(8-14)18(19,20)21/h5-6,8-9,11-12,16,22H,7,10H2,1-4H3,(H,23,24). The highest BCUT2D eigenvalue weighted by Gasteiger charge is 2.34. The van der Waals surface area contributed by atoms with Crippen LogP contribution in [0.2, 0.25) is 0 Å². The highest BCUT2D eigenvalue weighted by Crippen LogP contribution is 2.34. The molecule has 0 spiro atoms. The van der Waals surface area contributed by atoms with E-state index in [2.05, 4.69) is 5.32 Å². The van der Waals surface area contributed by atoms with Crippen molar-refractivity contribution in [3.8, 4) is 5.75 Å². The molecule has 2 N–H and O–H groups in total. The highest BCUT2D eigenvalue weighted by molar-refractivity contribution is 5.82. The molecule has 1 rings (SSSR count). The Morgan fingerprint density at radius 3 is 2.36 bits per heavy atom. The molecule has 1 unspecified atom stereocenters. The van der Waals surface area contributed by atoms with Crippen molar-refractivity contribution < 1.29 is 22.7 Å². The third-order valence-electron chi connectivity index (χ3n) is 3.43. The number of hydrogen-bond donors (Lipinski definition) is 2. The minimum atomic E-state index is -4.60. The van der Waals surface area contributed by atoms with Gasteiger partial charge in [0.1, 0.15) is 5.75 Å². The molecule has 1 atom stereocenters. The molecule has 1 aromatic rings. The van der Waals surface area contributed by atoms with Gasteiger partial charge >= 0.3 is 6.18 Å². The smallest absolute Gasteiger partial charge is 0.417 e. The molecular formula is C18H25F3N2O2. The molecule has 0 bridgehead atoms. The van der Waals surface area contributed by atoms with Crippen molar-refractivity contribution in [3.05, 3.63) is 29.3 Å². The van der Waals surface area contributed by atoms with Crippen LogP contribution in [0.1, 0.15) is 45.2 Å². The monoisotopic (exact) mass is 358 g/mol. The topological polar surface area (TPSA) is 62.2 Å². The number of ether oxygens (including phenoxy) is 1. The molecule has 0 radical (unpaired) electrons. The fourth-order valence-electron chi connectivity index (χ4n) is 2.20. The van der Waals surface area contributed by atoms with Gasteiger partial charge in [-0.1, -0.05) is 27.7 Å². The van der Waals surface area contributed by atoms with Crippen LogP contribution >= 0.6 is 0 Å². The zero-order valence-electron chi connectivity index (χ0n) is 14.9. The molecule has 0 saturated carbocycles. The molecular weight excluding hydrogens is 333 g/mol. The maximum Gasteiger partial charge on any atom is 0.417 e. The summed E-state index contributed by atoms with van der Waals surface area (Å²) in [4.78, 5) is 12.3. The number of benzene rings is 1. The largest absolute Gasteiger partial charge is 0.481 e. The van der Waals surface area contributed by atoms with E-state index < -0.39 is 17.8 Å². The summed E-state index contributed by atoms with van der Waals surface area (Å²) in [6.07, 6.45) is -4.43. The van der Waals surface area contributed by atoms with Crippen LogP contribution < -0.4 is 10.1 Å². The van der Waals surface area contributed by atoms with E-state index in [0.717, 1.165) is 6.07 Å². The number of alkyl halides is 3. The summed E-state index contributed by atoms with van der Waals surface area (Å²) >= 11 is 0. The van der Waals surface area contributed by atoms with Gasteiger partial charge in [0.25, 0.3) is 5.91 Å². The lowest BCUT2D eigenvalue weighted by atomic mass is 10.0. The molecule has 7 heteroatoms. The van der Waals surface area contributed by atoms with Gasteiger partial charge in [-0.05, 0) is 36.5 Å². The molecule has 140 valence electrons. The number of nitrogens with one attached hydrogen (secondary N) is 2. The average molecular weight is 358 g/mol. The summed E-state index contributed by atoms with van der Waals surface area (Å²) < 4.78 is 44.8. The Bertz CT molecular complexity index is 598. The second kappa shape index (κ2) is 8.87. The number of hydrogen-bond acceptors (Lipinski definition) is 3. The molecule has 0 aliphatic heterocycles. The van der Waals surface area contributed by atoms with Gasteiger partial charge in [0.05, 0.1) is 5.56 Å². The van der Waals surface area contributed by atoms with E-state index in [9.17, 15) is 18.0 Å². The first-order chi connectivity index (χ1) is 11.5. The Labute approximate surface area is 146 Å². The van der Waals surface area contributed by atoms with Gasteiger partial charge in [-0.3, -0.25) is 4.79 Å². The summed E-state index contributed by atoms with van der Waals surface area (Å²) in [5.41, 5.74) is -1.20. The Hall–Kier alpha value is -2.05. The van der Waals surface area contributed by atoms with Crippen LogP contribution in [-0.2, 0) is 11.0 Å².